The van der Waals surface area contributed by atoms with E-state index in [4.69, 9.17) is 0 Å². The van der Waals surface area contributed by atoms with E-state index >= 15 is 0 Å². The van der Waals surface area contributed by atoms with Gasteiger partial charge in [0.05, 0.1) is 12.0 Å². The molecule has 4 heteroatoms. The van der Waals surface area contributed by atoms with Crippen molar-refractivity contribution in [2.24, 2.45) is 5.92 Å². The molecular weight excluding hydrogens is 252 g/mol. The molecule has 0 bridgehead atoms. The van der Waals surface area contributed by atoms with E-state index in [1.807, 2.05) is 44.2 Å². The number of carbonyl (C=O) groups excluding carboxylic acids is 2. The van der Waals surface area contributed by atoms with Gasteiger partial charge < -0.3 is 10.2 Å². The van der Waals surface area contributed by atoms with Crippen molar-refractivity contribution >= 4 is 11.8 Å². The van der Waals surface area contributed by atoms with Crippen LogP contribution >= 0.6 is 0 Å². The Morgan fingerprint density at radius 3 is 2.55 bits per heavy atom. The first-order valence-corrected chi connectivity index (χ1v) is 7.11. The summed E-state index contributed by atoms with van der Waals surface area (Å²) in [5, 5.41) is 2.97. The SMILES string of the molecule is CC(C)NC(=O)C1CCC(=O)N(C)C1c1ccccc1. The van der Waals surface area contributed by atoms with Crippen molar-refractivity contribution in [1.82, 2.24) is 10.2 Å². The summed E-state index contributed by atoms with van der Waals surface area (Å²) >= 11 is 0. The van der Waals surface area contributed by atoms with Crippen molar-refractivity contribution < 1.29 is 9.59 Å². The van der Waals surface area contributed by atoms with Gasteiger partial charge in [0.2, 0.25) is 11.8 Å². The fraction of sp³-hybridized carbons (Fsp3) is 0.500. The number of hydrogen-bond donors (Lipinski definition) is 1. The summed E-state index contributed by atoms with van der Waals surface area (Å²) in [5.41, 5.74) is 1.02. The molecule has 2 amide bonds. The third-order valence-corrected chi connectivity index (χ3v) is 3.77. The number of rotatable bonds is 3. The molecule has 1 fully saturated rings. The van der Waals surface area contributed by atoms with Crippen LogP contribution in [0.4, 0.5) is 0 Å². The maximum atomic E-state index is 12.4. The average molecular weight is 274 g/mol. The quantitative estimate of drug-likeness (QED) is 0.918. The first kappa shape index (κ1) is 14.6. The summed E-state index contributed by atoms with van der Waals surface area (Å²) < 4.78 is 0. The minimum absolute atomic E-state index is 0.0354. The van der Waals surface area contributed by atoms with Crippen LogP contribution in [-0.2, 0) is 9.59 Å². The molecule has 0 spiro atoms. The number of nitrogens with one attached hydrogen (secondary N) is 1. The lowest BCUT2D eigenvalue weighted by atomic mass is 9.84. The number of benzene rings is 1. The van der Waals surface area contributed by atoms with Gasteiger partial charge in [-0.05, 0) is 25.8 Å². The normalized spacial score (nSPS) is 23.0. The van der Waals surface area contributed by atoms with E-state index in [-0.39, 0.29) is 29.8 Å². The van der Waals surface area contributed by atoms with Crippen molar-refractivity contribution in [1.29, 1.82) is 0 Å². The van der Waals surface area contributed by atoms with Crippen LogP contribution in [0.3, 0.4) is 0 Å². The molecule has 0 saturated carbocycles. The highest BCUT2D eigenvalue weighted by Crippen LogP contribution is 2.35. The summed E-state index contributed by atoms with van der Waals surface area (Å²) in [6.45, 7) is 3.90. The molecule has 1 aromatic carbocycles. The lowest BCUT2D eigenvalue weighted by molar-refractivity contribution is -0.141. The summed E-state index contributed by atoms with van der Waals surface area (Å²) in [4.78, 5) is 26.1. The van der Waals surface area contributed by atoms with Crippen LogP contribution in [-0.4, -0.2) is 29.8 Å². The van der Waals surface area contributed by atoms with E-state index in [0.717, 1.165) is 5.56 Å². The summed E-state index contributed by atoms with van der Waals surface area (Å²) in [7, 11) is 1.79. The van der Waals surface area contributed by atoms with E-state index < -0.39 is 0 Å². The van der Waals surface area contributed by atoms with Crippen LogP contribution in [0, 0.1) is 5.92 Å². The van der Waals surface area contributed by atoms with Gasteiger partial charge in [-0.2, -0.15) is 0 Å². The number of carbonyl (C=O) groups is 2. The Morgan fingerprint density at radius 1 is 1.30 bits per heavy atom. The zero-order valence-electron chi connectivity index (χ0n) is 12.3. The predicted octanol–water partition coefficient (Wildman–Crippen LogP) is 2.12. The van der Waals surface area contributed by atoms with E-state index in [2.05, 4.69) is 5.32 Å². The van der Waals surface area contributed by atoms with Crippen LogP contribution in [0.5, 0.6) is 0 Å². The Morgan fingerprint density at radius 2 is 1.95 bits per heavy atom. The highest BCUT2D eigenvalue weighted by Gasteiger charge is 2.38. The molecule has 2 unspecified atom stereocenters. The summed E-state index contributed by atoms with van der Waals surface area (Å²) in [5.74, 6) is -0.0387. The molecule has 1 heterocycles. The van der Waals surface area contributed by atoms with Crippen molar-refractivity contribution in [3.63, 3.8) is 0 Å². The highest BCUT2D eigenvalue weighted by molar-refractivity contribution is 5.85. The standard InChI is InChI=1S/C16H22N2O2/c1-11(2)17-16(20)13-9-10-14(19)18(3)15(13)12-7-5-4-6-8-12/h4-8,11,13,15H,9-10H2,1-3H3,(H,17,20). The largest absolute Gasteiger partial charge is 0.354 e. The van der Waals surface area contributed by atoms with E-state index in [9.17, 15) is 9.59 Å². The highest BCUT2D eigenvalue weighted by atomic mass is 16.2. The molecule has 1 aliphatic heterocycles. The Bertz CT molecular complexity index is 485. The number of nitrogens with zero attached hydrogens (tertiary/aromatic N) is 1. The molecule has 108 valence electrons. The van der Waals surface area contributed by atoms with E-state index in [1.165, 1.54) is 0 Å². The molecule has 1 aliphatic rings. The fourth-order valence-corrected chi connectivity index (χ4v) is 2.81. The molecule has 0 radical (unpaired) electrons. The lowest BCUT2D eigenvalue weighted by Gasteiger charge is -2.38. The zero-order valence-corrected chi connectivity index (χ0v) is 12.3. The molecule has 1 N–H and O–H groups in total. The zero-order chi connectivity index (χ0) is 14.7. The van der Waals surface area contributed by atoms with Gasteiger partial charge in [0.15, 0.2) is 0 Å². The minimum Gasteiger partial charge on any atom is -0.354 e. The van der Waals surface area contributed by atoms with Gasteiger partial charge in [0, 0.05) is 19.5 Å². The van der Waals surface area contributed by atoms with Gasteiger partial charge in [-0.3, -0.25) is 9.59 Å². The molecular formula is C16H22N2O2. The molecule has 2 rings (SSSR count). The van der Waals surface area contributed by atoms with E-state index in [0.29, 0.717) is 12.8 Å². The first-order chi connectivity index (χ1) is 9.50. The van der Waals surface area contributed by atoms with Gasteiger partial charge in [-0.15, -0.1) is 0 Å². The number of likely N-dealkylation sites (tertiary alicyclic amines) is 1. The smallest absolute Gasteiger partial charge is 0.225 e. The molecule has 1 aromatic rings. The maximum absolute atomic E-state index is 12.4. The Kier molecular flexibility index (Phi) is 4.42. The molecule has 0 aromatic heterocycles. The second-order valence-corrected chi connectivity index (χ2v) is 5.67. The number of amides is 2. The predicted molar refractivity (Wildman–Crippen MR) is 78.0 cm³/mol. The monoisotopic (exact) mass is 274 g/mol. The average Bonchev–Trinajstić information content (AvgIpc) is 2.41. The van der Waals surface area contributed by atoms with Crippen LogP contribution < -0.4 is 5.32 Å². The minimum atomic E-state index is -0.178. The second kappa shape index (κ2) is 6.07. The van der Waals surface area contributed by atoms with Gasteiger partial charge in [0.1, 0.15) is 0 Å². The van der Waals surface area contributed by atoms with Crippen molar-refractivity contribution in [2.75, 3.05) is 7.05 Å². The van der Waals surface area contributed by atoms with Gasteiger partial charge >= 0.3 is 0 Å². The topological polar surface area (TPSA) is 49.4 Å². The van der Waals surface area contributed by atoms with Crippen LogP contribution in [0.15, 0.2) is 30.3 Å². The van der Waals surface area contributed by atoms with Gasteiger partial charge in [0.25, 0.3) is 0 Å². The molecule has 4 nitrogen and oxygen atoms in total. The van der Waals surface area contributed by atoms with Crippen molar-refractivity contribution in [3.8, 4) is 0 Å². The molecule has 20 heavy (non-hydrogen) atoms. The van der Waals surface area contributed by atoms with Crippen LogP contribution in [0.2, 0.25) is 0 Å². The third kappa shape index (κ3) is 3.00. The van der Waals surface area contributed by atoms with Gasteiger partial charge in [-0.1, -0.05) is 30.3 Å². The Hall–Kier alpha value is -1.84. The van der Waals surface area contributed by atoms with E-state index in [1.54, 1.807) is 11.9 Å². The Balaban J connectivity index is 2.29. The van der Waals surface area contributed by atoms with Gasteiger partial charge in [-0.25, -0.2) is 0 Å². The maximum Gasteiger partial charge on any atom is 0.225 e. The summed E-state index contributed by atoms with van der Waals surface area (Å²) in [6, 6.07) is 9.74. The van der Waals surface area contributed by atoms with Crippen molar-refractivity contribution in [2.45, 2.75) is 38.8 Å². The number of hydrogen-bond acceptors (Lipinski definition) is 2. The number of piperidine rings is 1. The van der Waals surface area contributed by atoms with Crippen LogP contribution in [0.25, 0.3) is 0 Å². The molecule has 2 atom stereocenters. The first-order valence-electron chi connectivity index (χ1n) is 7.11. The fourth-order valence-electron chi connectivity index (χ4n) is 2.81. The lowest BCUT2D eigenvalue weighted by Crippen LogP contribution is -2.47. The molecule has 1 saturated heterocycles. The summed E-state index contributed by atoms with van der Waals surface area (Å²) in [6.07, 6.45) is 1.05. The Labute approximate surface area is 120 Å². The molecule has 0 aliphatic carbocycles. The third-order valence-electron chi connectivity index (χ3n) is 3.77. The van der Waals surface area contributed by atoms with Crippen LogP contribution in [0.1, 0.15) is 38.3 Å². The van der Waals surface area contributed by atoms with Crippen molar-refractivity contribution in [3.05, 3.63) is 35.9 Å². The second-order valence-electron chi connectivity index (χ2n) is 5.67.